The van der Waals surface area contributed by atoms with E-state index in [0.29, 0.717) is 12.6 Å². The average molecular weight is 227 g/mol. The molecule has 1 aromatic rings. The van der Waals surface area contributed by atoms with E-state index < -0.39 is 6.10 Å². The maximum Gasteiger partial charge on any atom is 0.0922 e. The van der Waals surface area contributed by atoms with Crippen molar-refractivity contribution in [1.82, 2.24) is 5.32 Å². The molecule has 2 N–H and O–H groups in total. The highest BCUT2D eigenvalue weighted by molar-refractivity contribution is 7.07. The molecule has 0 amide bonds. The molecule has 1 aliphatic heterocycles. The van der Waals surface area contributed by atoms with Crippen molar-refractivity contribution in [3.05, 3.63) is 22.4 Å². The van der Waals surface area contributed by atoms with Gasteiger partial charge < -0.3 is 15.2 Å². The summed E-state index contributed by atoms with van der Waals surface area (Å²) in [5, 5.41) is 17.2. The summed E-state index contributed by atoms with van der Waals surface area (Å²) < 4.78 is 5.36. The van der Waals surface area contributed by atoms with Crippen molar-refractivity contribution in [2.45, 2.75) is 25.0 Å². The predicted octanol–water partition coefficient (Wildman–Crippen LogP) is 1.55. The van der Waals surface area contributed by atoms with Crippen molar-refractivity contribution < 1.29 is 9.84 Å². The van der Waals surface area contributed by atoms with Crippen molar-refractivity contribution in [3.63, 3.8) is 0 Å². The Hall–Kier alpha value is -0.420. The second kappa shape index (κ2) is 5.61. The fourth-order valence-corrected chi connectivity index (χ4v) is 2.47. The molecule has 0 saturated carbocycles. The molecule has 84 valence electrons. The Kier molecular flexibility index (Phi) is 4.14. The number of aliphatic hydroxyl groups is 1. The van der Waals surface area contributed by atoms with Gasteiger partial charge in [-0.15, -0.1) is 0 Å². The van der Waals surface area contributed by atoms with E-state index in [4.69, 9.17) is 4.74 Å². The summed E-state index contributed by atoms with van der Waals surface area (Å²) >= 11 is 1.62. The number of hydrogen-bond donors (Lipinski definition) is 2. The van der Waals surface area contributed by atoms with Gasteiger partial charge in [-0.2, -0.15) is 11.3 Å². The first-order valence-corrected chi connectivity index (χ1v) is 6.32. The summed E-state index contributed by atoms with van der Waals surface area (Å²) in [7, 11) is 0. The first-order valence-electron chi connectivity index (χ1n) is 5.37. The molecule has 0 radical (unpaired) electrons. The lowest BCUT2D eigenvalue weighted by molar-refractivity contribution is 0.0639. The first kappa shape index (κ1) is 11.1. The Labute approximate surface area is 94.1 Å². The molecule has 0 bridgehead atoms. The van der Waals surface area contributed by atoms with Crippen LogP contribution in [0.5, 0.6) is 0 Å². The minimum absolute atomic E-state index is 0.391. The zero-order valence-electron chi connectivity index (χ0n) is 8.69. The molecule has 4 heteroatoms. The van der Waals surface area contributed by atoms with Crippen LogP contribution in [0.25, 0.3) is 0 Å². The van der Waals surface area contributed by atoms with Crippen molar-refractivity contribution >= 4 is 11.3 Å². The highest BCUT2D eigenvalue weighted by Crippen LogP contribution is 2.16. The number of hydrogen-bond acceptors (Lipinski definition) is 4. The predicted molar refractivity (Wildman–Crippen MR) is 61.1 cm³/mol. The SMILES string of the molecule is OC(CNC1CCCOC1)c1ccsc1. The zero-order chi connectivity index (χ0) is 10.5. The van der Waals surface area contributed by atoms with Gasteiger partial charge in [0.05, 0.1) is 12.7 Å². The highest BCUT2D eigenvalue weighted by atomic mass is 32.1. The summed E-state index contributed by atoms with van der Waals surface area (Å²) in [4.78, 5) is 0. The number of ether oxygens (including phenoxy) is 1. The van der Waals surface area contributed by atoms with Crippen LogP contribution in [-0.4, -0.2) is 30.9 Å². The maximum atomic E-state index is 9.84. The third-order valence-electron chi connectivity index (χ3n) is 2.69. The van der Waals surface area contributed by atoms with Gasteiger partial charge in [-0.3, -0.25) is 0 Å². The molecule has 2 unspecified atom stereocenters. The molecule has 0 aromatic carbocycles. The van der Waals surface area contributed by atoms with Crippen molar-refractivity contribution in [3.8, 4) is 0 Å². The molecule has 1 aliphatic rings. The summed E-state index contributed by atoms with van der Waals surface area (Å²) in [6.07, 6.45) is 1.88. The summed E-state index contributed by atoms with van der Waals surface area (Å²) in [6, 6.07) is 2.38. The van der Waals surface area contributed by atoms with E-state index in [-0.39, 0.29) is 0 Å². The van der Waals surface area contributed by atoms with Gasteiger partial charge in [0.15, 0.2) is 0 Å². The van der Waals surface area contributed by atoms with Crippen LogP contribution >= 0.6 is 11.3 Å². The minimum atomic E-state index is -0.391. The Morgan fingerprint density at radius 2 is 2.60 bits per heavy atom. The van der Waals surface area contributed by atoms with Gasteiger partial charge in [0.2, 0.25) is 0 Å². The fourth-order valence-electron chi connectivity index (χ4n) is 1.76. The van der Waals surface area contributed by atoms with E-state index in [1.54, 1.807) is 11.3 Å². The Morgan fingerprint density at radius 1 is 1.67 bits per heavy atom. The smallest absolute Gasteiger partial charge is 0.0922 e. The molecule has 2 atom stereocenters. The normalized spacial score (nSPS) is 23.9. The summed E-state index contributed by atoms with van der Waals surface area (Å²) in [5.41, 5.74) is 1.00. The third-order valence-corrected chi connectivity index (χ3v) is 3.39. The van der Waals surface area contributed by atoms with Crippen LogP contribution < -0.4 is 5.32 Å². The van der Waals surface area contributed by atoms with Crippen LogP contribution in [0.2, 0.25) is 0 Å². The summed E-state index contributed by atoms with van der Waals surface area (Å²) in [5.74, 6) is 0. The molecule has 1 aromatic heterocycles. The van der Waals surface area contributed by atoms with Gasteiger partial charge >= 0.3 is 0 Å². The van der Waals surface area contributed by atoms with E-state index in [1.165, 1.54) is 0 Å². The van der Waals surface area contributed by atoms with Gasteiger partial charge in [0.25, 0.3) is 0 Å². The summed E-state index contributed by atoms with van der Waals surface area (Å²) in [6.45, 7) is 2.27. The zero-order valence-corrected chi connectivity index (χ0v) is 9.50. The largest absolute Gasteiger partial charge is 0.387 e. The van der Waals surface area contributed by atoms with Crippen LogP contribution in [0, 0.1) is 0 Å². The highest BCUT2D eigenvalue weighted by Gasteiger charge is 2.15. The molecule has 0 spiro atoms. The van der Waals surface area contributed by atoms with Gasteiger partial charge in [-0.25, -0.2) is 0 Å². The van der Waals surface area contributed by atoms with E-state index in [9.17, 15) is 5.11 Å². The van der Waals surface area contributed by atoms with Crippen LogP contribution in [0.3, 0.4) is 0 Å². The molecular weight excluding hydrogens is 210 g/mol. The van der Waals surface area contributed by atoms with E-state index in [0.717, 1.165) is 31.6 Å². The monoisotopic (exact) mass is 227 g/mol. The van der Waals surface area contributed by atoms with Crippen molar-refractivity contribution in [2.75, 3.05) is 19.8 Å². The number of rotatable bonds is 4. The minimum Gasteiger partial charge on any atom is -0.387 e. The Bertz CT molecular complexity index is 270. The van der Waals surface area contributed by atoms with Gasteiger partial charge in [0.1, 0.15) is 0 Å². The Morgan fingerprint density at radius 3 is 3.27 bits per heavy atom. The number of thiophene rings is 1. The maximum absolute atomic E-state index is 9.84. The average Bonchev–Trinajstić information content (AvgIpc) is 2.81. The topological polar surface area (TPSA) is 41.5 Å². The molecule has 2 rings (SSSR count). The van der Waals surface area contributed by atoms with Crippen molar-refractivity contribution in [1.29, 1.82) is 0 Å². The molecule has 2 heterocycles. The van der Waals surface area contributed by atoms with Crippen LogP contribution in [0.15, 0.2) is 16.8 Å². The van der Waals surface area contributed by atoms with Crippen molar-refractivity contribution in [2.24, 2.45) is 0 Å². The lowest BCUT2D eigenvalue weighted by Crippen LogP contribution is -2.38. The van der Waals surface area contributed by atoms with Crippen LogP contribution in [0.4, 0.5) is 0 Å². The number of aliphatic hydroxyl groups excluding tert-OH is 1. The molecule has 3 nitrogen and oxygen atoms in total. The fraction of sp³-hybridized carbons (Fsp3) is 0.636. The molecule has 15 heavy (non-hydrogen) atoms. The van der Waals surface area contributed by atoms with E-state index >= 15 is 0 Å². The number of nitrogens with one attached hydrogen (secondary N) is 1. The molecule has 0 aliphatic carbocycles. The van der Waals surface area contributed by atoms with Gasteiger partial charge in [-0.1, -0.05) is 0 Å². The first-order chi connectivity index (χ1) is 7.36. The lowest BCUT2D eigenvalue weighted by atomic mass is 10.1. The third kappa shape index (κ3) is 3.28. The van der Waals surface area contributed by atoms with E-state index in [1.807, 2.05) is 16.8 Å². The second-order valence-corrected chi connectivity index (χ2v) is 4.67. The van der Waals surface area contributed by atoms with Gasteiger partial charge in [0, 0.05) is 19.2 Å². The second-order valence-electron chi connectivity index (χ2n) is 3.89. The van der Waals surface area contributed by atoms with Crippen LogP contribution in [-0.2, 0) is 4.74 Å². The quantitative estimate of drug-likeness (QED) is 0.820. The van der Waals surface area contributed by atoms with E-state index in [2.05, 4.69) is 5.32 Å². The molecule has 1 saturated heterocycles. The lowest BCUT2D eigenvalue weighted by Gasteiger charge is -2.24. The van der Waals surface area contributed by atoms with Crippen LogP contribution in [0.1, 0.15) is 24.5 Å². The Balaban J connectivity index is 1.73. The standard InChI is InChI=1S/C11H17NO2S/c13-11(9-3-5-15-8-9)6-12-10-2-1-4-14-7-10/h3,5,8,10-13H,1-2,4,6-7H2. The molecule has 1 fully saturated rings. The van der Waals surface area contributed by atoms with Gasteiger partial charge in [-0.05, 0) is 35.2 Å². The molecular formula is C11H17NO2S.